The van der Waals surface area contributed by atoms with E-state index in [4.69, 9.17) is 4.84 Å². The van der Waals surface area contributed by atoms with Crippen molar-refractivity contribution in [2.45, 2.75) is 32.8 Å². The molecule has 0 saturated heterocycles. The van der Waals surface area contributed by atoms with Crippen molar-refractivity contribution < 1.29 is 13.3 Å². The molecule has 0 fully saturated rings. The third kappa shape index (κ3) is 2.57. The lowest BCUT2D eigenvalue weighted by molar-refractivity contribution is 0.0123. The van der Waals surface area contributed by atoms with E-state index >= 15 is 0 Å². The highest BCUT2D eigenvalue weighted by molar-refractivity contribution is 8.06. The minimum absolute atomic E-state index is 0.00176. The normalized spacial score (nSPS) is 20.9. The summed E-state index contributed by atoms with van der Waals surface area (Å²) in [4.78, 5) is 5.00. The lowest BCUT2D eigenvalue weighted by atomic mass is 10.1. The summed E-state index contributed by atoms with van der Waals surface area (Å²) in [5.41, 5.74) is -0.488. The van der Waals surface area contributed by atoms with Gasteiger partial charge >= 0.3 is 0 Å². The van der Waals surface area contributed by atoms with Crippen molar-refractivity contribution >= 4 is 14.9 Å². The Labute approximate surface area is 84.6 Å². The first-order valence-electron chi connectivity index (χ1n) is 4.46. The summed E-state index contributed by atoms with van der Waals surface area (Å²) in [6.45, 7) is 5.41. The summed E-state index contributed by atoms with van der Waals surface area (Å²) in [6, 6.07) is 0. The highest BCUT2D eigenvalue weighted by atomic mass is 32.2. The van der Waals surface area contributed by atoms with E-state index in [1.807, 2.05) is 13.8 Å². The predicted octanol–water partition coefficient (Wildman–Crippen LogP) is 1.49. The summed E-state index contributed by atoms with van der Waals surface area (Å²) < 4.78 is 23.2. The van der Waals surface area contributed by atoms with Crippen LogP contribution in [0.2, 0.25) is 0 Å². The Morgan fingerprint density at radius 3 is 2.64 bits per heavy atom. The number of nitrogens with zero attached hydrogens (tertiary/aromatic N) is 1. The zero-order valence-corrected chi connectivity index (χ0v) is 9.47. The molecule has 0 aromatic carbocycles. The largest absolute Gasteiger partial charge is 0.389 e. The summed E-state index contributed by atoms with van der Waals surface area (Å²) in [6.07, 6.45) is 3.66. The van der Waals surface area contributed by atoms with Crippen LogP contribution in [0.25, 0.3) is 0 Å². The number of oxime groups is 1. The summed E-state index contributed by atoms with van der Waals surface area (Å²) in [5.74, 6) is 0.00176. The second kappa shape index (κ2) is 3.73. The van der Waals surface area contributed by atoms with Gasteiger partial charge in [0.2, 0.25) is 0 Å². The Morgan fingerprint density at radius 2 is 2.21 bits per heavy atom. The lowest BCUT2D eigenvalue weighted by Crippen LogP contribution is -2.23. The van der Waals surface area contributed by atoms with Crippen LogP contribution in [-0.4, -0.2) is 24.8 Å². The maximum absolute atomic E-state index is 11.6. The molecule has 0 radical (unpaired) electrons. The van der Waals surface area contributed by atoms with E-state index < -0.39 is 15.4 Å². The zero-order valence-electron chi connectivity index (χ0n) is 8.65. The molecule has 0 spiro atoms. The van der Waals surface area contributed by atoms with Crippen molar-refractivity contribution in [1.82, 2.24) is 0 Å². The third-order valence-corrected chi connectivity index (χ3v) is 3.45. The van der Waals surface area contributed by atoms with Crippen molar-refractivity contribution in [2.75, 3.05) is 5.75 Å². The van der Waals surface area contributed by atoms with Gasteiger partial charge in [-0.05, 0) is 20.8 Å². The molecule has 1 aliphatic rings. The second-order valence-electron chi connectivity index (χ2n) is 3.86. The first kappa shape index (κ1) is 11.2. The van der Waals surface area contributed by atoms with E-state index in [1.165, 1.54) is 0 Å². The predicted molar refractivity (Wildman–Crippen MR) is 55.8 cm³/mol. The van der Waals surface area contributed by atoms with E-state index in [0.717, 1.165) is 0 Å². The van der Waals surface area contributed by atoms with Gasteiger partial charge in [-0.15, -0.1) is 0 Å². The van der Waals surface area contributed by atoms with Crippen molar-refractivity contribution in [3.05, 3.63) is 12.2 Å². The highest BCUT2D eigenvalue weighted by Crippen LogP contribution is 2.24. The van der Waals surface area contributed by atoms with E-state index in [1.54, 1.807) is 19.1 Å². The lowest BCUT2D eigenvalue weighted by Gasteiger charge is -2.12. The average molecular weight is 217 g/mol. The van der Waals surface area contributed by atoms with Crippen LogP contribution in [0.4, 0.5) is 0 Å². The molecule has 0 bridgehead atoms. The maximum Gasteiger partial charge on any atom is 0.198 e. The van der Waals surface area contributed by atoms with Gasteiger partial charge in [0.25, 0.3) is 0 Å². The van der Waals surface area contributed by atoms with Crippen LogP contribution in [0.5, 0.6) is 0 Å². The minimum atomic E-state index is -3.25. The van der Waals surface area contributed by atoms with Crippen molar-refractivity contribution in [1.29, 1.82) is 0 Å². The Balaban J connectivity index is 2.77. The van der Waals surface area contributed by atoms with Gasteiger partial charge in [0, 0.05) is 6.42 Å². The zero-order chi connectivity index (χ0) is 10.8. The van der Waals surface area contributed by atoms with Gasteiger partial charge in [-0.1, -0.05) is 17.3 Å². The first-order chi connectivity index (χ1) is 6.37. The molecule has 0 aliphatic carbocycles. The molecule has 14 heavy (non-hydrogen) atoms. The van der Waals surface area contributed by atoms with Crippen molar-refractivity contribution in [2.24, 2.45) is 5.16 Å². The van der Waals surface area contributed by atoms with E-state index in [9.17, 15) is 8.42 Å². The molecule has 0 saturated carbocycles. The SMILES string of the molecule is C/C=C/CS(=O)(=O)C1=NOC(C)(C)C1. The molecule has 0 aromatic rings. The van der Waals surface area contributed by atoms with E-state index in [-0.39, 0.29) is 10.8 Å². The topological polar surface area (TPSA) is 55.7 Å². The van der Waals surface area contributed by atoms with Gasteiger partial charge in [0.1, 0.15) is 5.60 Å². The Morgan fingerprint density at radius 1 is 1.57 bits per heavy atom. The number of hydrogen-bond donors (Lipinski definition) is 0. The Kier molecular flexibility index (Phi) is 2.99. The quantitative estimate of drug-likeness (QED) is 0.658. The maximum atomic E-state index is 11.6. The first-order valence-corrected chi connectivity index (χ1v) is 6.11. The van der Waals surface area contributed by atoms with Gasteiger partial charge in [0.15, 0.2) is 14.9 Å². The molecule has 80 valence electrons. The highest BCUT2D eigenvalue weighted by Gasteiger charge is 2.35. The molecular weight excluding hydrogens is 202 g/mol. The van der Waals surface area contributed by atoms with Gasteiger partial charge < -0.3 is 4.84 Å². The molecule has 4 nitrogen and oxygen atoms in total. The number of rotatable bonds is 2. The Hall–Kier alpha value is -0.840. The third-order valence-electron chi connectivity index (χ3n) is 1.88. The van der Waals surface area contributed by atoms with Crippen LogP contribution >= 0.6 is 0 Å². The molecule has 0 aromatic heterocycles. The van der Waals surface area contributed by atoms with Crippen LogP contribution < -0.4 is 0 Å². The fraction of sp³-hybridized carbons (Fsp3) is 0.667. The van der Waals surface area contributed by atoms with Crippen LogP contribution in [-0.2, 0) is 14.7 Å². The summed E-state index contributed by atoms with van der Waals surface area (Å²) in [7, 11) is -3.25. The van der Waals surface area contributed by atoms with Gasteiger partial charge in [-0.2, -0.15) is 0 Å². The average Bonchev–Trinajstić information content (AvgIpc) is 2.43. The standard InChI is InChI=1S/C9H15NO3S/c1-4-5-6-14(11,12)8-7-9(2,3)13-10-8/h4-5H,6-7H2,1-3H3/b5-4+. The molecule has 0 unspecified atom stereocenters. The van der Waals surface area contributed by atoms with Gasteiger partial charge in [0.05, 0.1) is 5.75 Å². The summed E-state index contributed by atoms with van der Waals surface area (Å²) in [5, 5.41) is 3.76. The fourth-order valence-electron chi connectivity index (χ4n) is 1.09. The molecule has 1 aliphatic heterocycles. The van der Waals surface area contributed by atoms with Crippen LogP contribution in [0, 0.1) is 0 Å². The molecule has 0 amide bonds. The van der Waals surface area contributed by atoms with Crippen molar-refractivity contribution in [3.8, 4) is 0 Å². The smallest absolute Gasteiger partial charge is 0.198 e. The Bertz CT molecular complexity index is 366. The monoisotopic (exact) mass is 217 g/mol. The number of allylic oxidation sites excluding steroid dienone is 1. The molecule has 0 atom stereocenters. The summed E-state index contributed by atoms with van der Waals surface area (Å²) >= 11 is 0. The molecule has 1 heterocycles. The second-order valence-corrected chi connectivity index (χ2v) is 5.90. The molecule has 5 heteroatoms. The number of hydrogen-bond acceptors (Lipinski definition) is 4. The van der Waals surface area contributed by atoms with Gasteiger partial charge in [-0.3, -0.25) is 0 Å². The van der Waals surface area contributed by atoms with E-state index in [0.29, 0.717) is 6.42 Å². The van der Waals surface area contributed by atoms with Crippen molar-refractivity contribution in [3.63, 3.8) is 0 Å². The minimum Gasteiger partial charge on any atom is -0.389 e. The van der Waals surface area contributed by atoms with Gasteiger partial charge in [-0.25, -0.2) is 8.42 Å². The number of sulfone groups is 1. The van der Waals surface area contributed by atoms with Crippen LogP contribution in [0.1, 0.15) is 27.2 Å². The fourth-order valence-corrected chi connectivity index (χ4v) is 2.45. The molecular formula is C9H15NO3S. The van der Waals surface area contributed by atoms with Crippen LogP contribution in [0.3, 0.4) is 0 Å². The van der Waals surface area contributed by atoms with Crippen LogP contribution in [0.15, 0.2) is 17.3 Å². The molecule has 1 rings (SSSR count). The van der Waals surface area contributed by atoms with E-state index in [2.05, 4.69) is 5.16 Å². The molecule has 0 N–H and O–H groups in total.